The van der Waals surface area contributed by atoms with Crippen molar-refractivity contribution in [2.24, 2.45) is 0 Å². The third kappa shape index (κ3) is 4.20. The largest absolute Gasteiger partial charge is 0.358 e. The van der Waals surface area contributed by atoms with Crippen molar-refractivity contribution in [2.45, 2.75) is 89.1 Å². The SMILES string of the molecule is [NH3+]CCCC(=O)N(C1CCCCC1)C1CCCCC1. The van der Waals surface area contributed by atoms with E-state index in [2.05, 4.69) is 10.6 Å². The molecule has 2 aliphatic carbocycles. The normalized spacial score (nSPS) is 22.4. The Labute approximate surface area is 117 Å². The molecular weight excluding hydrogens is 236 g/mol. The molecule has 2 fully saturated rings. The molecule has 19 heavy (non-hydrogen) atoms. The highest BCUT2D eigenvalue weighted by atomic mass is 16.2. The average molecular weight is 267 g/mol. The van der Waals surface area contributed by atoms with Crippen LogP contribution in [0, 0.1) is 0 Å². The second-order valence-electron chi connectivity index (χ2n) is 6.34. The van der Waals surface area contributed by atoms with Crippen LogP contribution in [0.3, 0.4) is 0 Å². The maximum atomic E-state index is 12.6. The van der Waals surface area contributed by atoms with E-state index in [1.165, 1.54) is 64.2 Å². The molecule has 3 heteroatoms. The van der Waals surface area contributed by atoms with Crippen LogP contribution < -0.4 is 5.73 Å². The number of rotatable bonds is 5. The van der Waals surface area contributed by atoms with E-state index in [4.69, 9.17) is 0 Å². The lowest BCUT2D eigenvalue weighted by molar-refractivity contribution is -0.368. The van der Waals surface area contributed by atoms with Gasteiger partial charge < -0.3 is 10.6 Å². The average Bonchev–Trinajstić information content (AvgIpc) is 2.47. The first-order valence-corrected chi connectivity index (χ1v) is 8.43. The van der Waals surface area contributed by atoms with Crippen molar-refractivity contribution in [2.75, 3.05) is 6.54 Å². The molecule has 110 valence electrons. The van der Waals surface area contributed by atoms with E-state index in [1.807, 2.05) is 0 Å². The molecule has 1 amide bonds. The van der Waals surface area contributed by atoms with Gasteiger partial charge in [-0.05, 0) is 25.7 Å². The molecule has 0 heterocycles. The van der Waals surface area contributed by atoms with Crippen molar-refractivity contribution in [1.82, 2.24) is 4.90 Å². The van der Waals surface area contributed by atoms with Gasteiger partial charge in [-0.25, -0.2) is 0 Å². The molecular formula is C16H31N2O+. The number of quaternary nitrogens is 1. The molecule has 0 unspecified atom stereocenters. The molecule has 2 saturated carbocycles. The number of hydrogen-bond donors (Lipinski definition) is 1. The highest BCUT2D eigenvalue weighted by molar-refractivity contribution is 5.77. The summed E-state index contributed by atoms with van der Waals surface area (Å²) in [6, 6.07) is 1.10. The first-order valence-electron chi connectivity index (χ1n) is 8.43. The summed E-state index contributed by atoms with van der Waals surface area (Å²) < 4.78 is 0. The lowest BCUT2D eigenvalue weighted by Gasteiger charge is -2.42. The van der Waals surface area contributed by atoms with E-state index in [1.54, 1.807) is 0 Å². The van der Waals surface area contributed by atoms with Crippen molar-refractivity contribution < 1.29 is 10.5 Å². The smallest absolute Gasteiger partial charge is 0.223 e. The third-order valence-corrected chi connectivity index (χ3v) is 4.86. The van der Waals surface area contributed by atoms with Crippen molar-refractivity contribution in [1.29, 1.82) is 0 Å². The lowest BCUT2D eigenvalue weighted by atomic mass is 9.88. The number of nitrogens with zero attached hydrogens (tertiary/aromatic N) is 1. The molecule has 2 rings (SSSR count). The molecule has 0 spiro atoms. The van der Waals surface area contributed by atoms with Gasteiger partial charge in [0.15, 0.2) is 0 Å². The van der Waals surface area contributed by atoms with Gasteiger partial charge in [-0.15, -0.1) is 0 Å². The van der Waals surface area contributed by atoms with Gasteiger partial charge in [0.05, 0.1) is 6.54 Å². The van der Waals surface area contributed by atoms with Crippen molar-refractivity contribution in [3.63, 3.8) is 0 Å². The Morgan fingerprint density at radius 3 is 1.79 bits per heavy atom. The monoisotopic (exact) mass is 267 g/mol. The Morgan fingerprint density at radius 2 is 1.37 bits per heavy atom. The number of hydrogen-bond acceptors (Lipinski definition) is 1. The van der Waals surface area contributed by atoms with Crippen LogP contribution in [0.5, 0.6) is 0 Å². The quantitative estimate of drug-likeness (QED) is 0.817. The van der Waals surface area contributed by atoms with E-state index < -0.39 is 0 Å². The predicted octanol–water partition coefficient (Wildman–Crippen LogP) is 2.50. The minimum atomic E-state index is 0.419. The molecule has 2 aliphatic rings. The molecule has 0 radical (unpaired) electrons. The van der Waals surface area contributed by atoms with Crippen LogP contribution in [0.4, 0.5) is 0 Å². The summed E-state index contributed by atoms with van der Waals surface area (Å²) in [6.45, 7) is 0.884. The van der Waals surface area contributed by atoms with Gasteiger partial charge in [0.1, 0.15) is 0 Å². The molecule has 0 aliphatic heterocycles. The van der Waals surface area contributed by atoms with E-state index in [0.29, 0.717) is 18.0 Å². The molecule has 3 nitrogen and oxygen atoms in total. The van der Waals surface area contributed by atoms with E-state index in [0.717, 1.165) is 19.4 Å². The summed E-state index contributed by atoms with van der Waals surface area (Å²) in [5.74, 6) is 0.419. The van der Waals surface area contributed by atoms with E-state index >= 15 is 0 Å². The van der Waals surface area contributed by atoms with Crippen LogP contribution in [0.25, 0.3) is 0 Å². The number of carbonyl (C=O) groups excluding carboxylic acids is 1. The van der Waals surface area contributed by atoms with Crippen LogP contribution in [0.15, 0.2) is 0 Å². The zero-order valence-electron chi connectivity index (χ0n) is 12.4. The molecule has 0 aromatic carbocycles. The maximum absolute atomic E-state index is 12.6. The van der Waals surface area contributed by atoms with Crippen LogP contribution in [0.1, 0.15) is 77.0 Å². The van der Waals surface area contributed by atoms with Gasteiger partial charge in [0.2, 0.25) is 5.91 Å². The minimum Gasteiger partial charge on any atom is -0.358 e. The molecule has 0 bridgehead atoms. The van der Waals surface area contributed by atoms with E-state index in [-0.39, 0.29) is 0 Å². The summed E-state index contributed by atoms with van der Waals surface area (Å²) >= 11 is 0. The highest BCUT2D eigenvalue weighted by Crippen LogP contribution is 2.30. The molecule has 3 N–H and O–H groups in total. The standard InChI is InChI=1S/C16H30N2O/c17-13-7-12-16(19)18(14-8-3-1-4-9-14)15-10-5-2-6-11-15/h14-15H,1-13,17H2/p+1. The second kappa shape index (κ2) is 7.88. The summed E-state index contributed by atoms with van der Waals surface area (Å²) in [4.78, 5) is 14.9. The first-order chi connectivity index (χ1) is 9.33. The third-order valence-electron chi connectivity index (χ3n) is 4.86. The summed E-state index contributed by atoms with van der Waals surface area (Å²) in [7, 11) is 0. The lowest BCUT2D eigenvalue weighted by Crippen LogP contribution is -2.52. The topological polar surface area (TPSA) is 48.0 Å². The zero-order chi connectivity index (χ0) is 13.5. The van der Waals surface area contributed by atoms with E-state index in [9.17, 15) is 4.79 Å². The highest BCUT2D eigenvalue weighted by Gasteiger charge is 2.31. The Kier molecular flexibility index (Phi) is 6.15. The Morgan fingerprint density at radius 1 is 0.895 bits per heavy atom. The molecule has 0 aromatic heterocycles. The van der Waals surface area contributed by atoms with Crippen LogP contribution in [-0.4, -0.2) is 29.4 Å². The maximum Gasteiger partial charge on any atom is 0.223 e. The fraction of sp³-hybridized carbons (Fsp3) is 0.938. The number of carbonyl (C=O) groups is 1. The van der Waals surface area contributed by atoms with Gasteiger partial charge in [0, 0.05) is 24.9 Å². The fourth-order valence-corrected chi connectivity index (χ4v) is 3.83. The molecule has 0 saturated heterocycles. The first kappa shape index (κ1) is 14.8. The summed E-state index contributed by atoms with van der Waals surface area (Å²) in [5.41, 5.74) is 3.87. The van der Waals surface area contributed by atoms with Gasteiger partial charge in [0.25, 0.3) is 0 Å². The Hall–Kier alpha value is -0.570. The Bertz CT molecular complexity index is 250. The Balaban J connectivity index is 1.99. The van der Waals surface area contributed by atoms with Crippen molar-refractivity contribution in [3.05, 3.63) is 0 Å². The summed E-state index contributed by atoms with van der Waals surface area (Å²) in [5, 5.41) is 0. The van der Waals surface area contributed by atoms with Crippen LogP contribution in [-0.2, 0) is 4.79 Å². The van der Waals surface area contributed by atoms with Crippen molar-refractivity contribution in [3.8, 4) is 0 Å². The minimum absolute atomic E-state index is 0.419. The molecule has 0 atom stereocenters. The van der Waals surface area contributed by atoms with Crippen LogP contribution in [0.2, 0.25) is 0 Å². The predicted molar refractivity (Wildman–Crippen MR) is 77.6 cm³/mol. The number of amides is 1. The van der Waals surface area contributed by atoms with Crippen molar-refractivity contribution >= 4 is 5.91 Å². The van der Waals surface area contributed by atoms with Gasteiger partial charge in [-0.1, -0.05) is 38.5 Å². The molecule has 0 aromatic rings. The fourth-order valence-electron chi connectivity index (χ4n) is 3.83. The van der Waals surface area contributed by atoms with Crippen LogP contribution >= 0.6 is 0 Å². The van der Waals surface area contributed by atoms with Gasteiger partial charge >= 0.3 is 0 Å². The summed E-state index contributed by atoms with van der Waals surface area (Å²) in [6.07, 6.45) is 14.6. The van der Waals surface area contributed by atoms with Gasteiger partial charge in [-0.3, -0.25) is 4.79 Å². The van der Waals surface area contributed by atoms with Gasteiger partial charge in [-0.2, -0.15) is 0 Å². The second-order valence-corrected chi connectivity index (χ2v) is 6.34. The zero-order valence-corrected chi connectivity index (χ0v) is 12.4.